The van der Waals surface area contributed by atoms with Crippen LogP contribution in [0.15, 0.2) is 30.3 Å². The fourth-order valence-corrected chi connectivity index (χ4v) is 2.66. The van der Waals surface area contributed by atoms with Gasteiger partial charge in [-0.2, -0.15) is 12.7 Å². The third kappa shape index (κ3) is 5.93. The van der Waals surface area contributed by atoms with Gasteiger partial charge in [0.05, 0.1) is 10.6 Å². The highest BCUT2D eigenvalue weighted by molar-refractivity contribution is 7.87. The summed E-state index contributed by atoms with van der Waals surface area (Å²) in [6, 6.07) is 3.47. The maximum absolute atomic E-state index is 14.2. The van der Waals surface area contributed by atoms with E-state index >= 15 is 0 Å². The van der Waals surface area contributed by atoms with E-state index in [2.05, 4.69) is 4.74 Å². The molecule has 164 valence electrons. The van der Waals surface area contributed by atoms with Gasteiger partial charge in [-0.05, 0) is 18.2 Å². The van der Waals surface area contributed by atoms with Crippen LogP contribution in [0.1, 0.15) is 10.4 Å². The van der Waals surface area contributed by atoms with E-state index in [9.17, 15) is 35.2 Å². The molecule has 7 nitrogen and oxygen atoms in total. The number of hydrogen-bond acceptors (Lipinski definition) is 5. The van der Waals surface area contributed by atoms with E-state index in [1.54, 1.807) is 0 Å². The summed E-state index contributed by atoms with van der Waals surface area (Å²) in [5.74, 6) is -5.74. The second-order valence-electron chi connectivity index (χ2n) is 5.72. The van der Waals surface area contributed by atoms with Crippen molar-refractivity contribution in [3.05, 3.63) is 52.6 Å². The summed E-state index contributed by atoms with van der Waals surface area (Å²) in [4.78, 5) is 11.9. The van der Waals surface area contributed by atoms with Gasteiger partial charge in [-0.3, -0.25) is 4.79 Å². The second-order valence-corrected chi connectivity index (χ2v) is 8.01. The molecule has 1 N–H and O–H groups in total. The Balaban J connectivity index is 2.26. The highest BCUT2D eigenvalue weighted by Crippen LogP contribution is 2.35. The average Bonchev–Trinajstić information content (AvgIpc) is 2.58. The van der Waals surface area contributed by atoms with Crippen molar-refractivity contribution in [1.82, 2.24) is 9.03 Å². The van der Waals surface area contributed by atoms with Crippen LogP contribution in [0, 0.1) is 11.6 Å². The number of halogens is 6. The molecular weight excluding hydrogens is 463 g/mol. The predicted octanol–water partition coefficient (Wildman–Crippen LogP) is 3.85. The zero-order valence-corrected chi connectivity index (χ0v) is 16.6. The van der Waals surface area contributed by atoms with Crippen LogP contribution in [0.4, 0.5) is 22.0 Å². The van der Waals surface area contributed by atoms with Gasteiger partial charge in [0.1, 0.15) is 17.3 Å². The topological polar surface area (TPSA) is 84.9 Å². The molecule has 0 aliphatic rings. The standard InChI is InChI=1S/C16H12ClF5N2O5S/c1-24(2)30(26,27)23-15(25)9-6-12(19)14(7-11(9)18)28-8-3-4-13(10(17)5-8)29-16(20,21)22/h3-7H,1-2H3,(H,23,25). The SMILES string of the molecule is CN(C)S(=O)(=O)NC(=O)c1cc(F)c(Oc2ccc(OC(F)(F)F)c(Cl)c2)cc1F. The summed E-state index contributed by atoms with van der Waals surface area (Å²) >= 11 is 5.64. The third-order valence-corrected chi connectivity index (χ3v) is 5.03. The number of benzene rings is 2. The van der Waals surface area contributed by atoms with Gasteiger partial charge >= 0.3 is 16.6 Å². The molecule has 2 aromatic rings. The van der Waals surface area contributed by atoms with Crippen LogP contribution in [0.2, 0.25) is 5.02 Å². The van der Waals surface area contributed by atoms with Gasteiger partial charge in [-0.25, -0.2) is 13.5 Å². The first-order valence-electron chi connectivity index (χ1n) is 7.66. The Morgan fingerprint density at radius 2 is 1.70 bits per heavy atom. The van der Waals surface area contributed by atoms with Crippen molar-refractivity contribution in [2.75, 3.05) is 14.1 Å². The van der Waals surface area contributed by atoms with E-state index in [1.165, 1.54) is 4.72 Å². The van der Waals surface area contributed by atoms with Crippen molar-refractivity contribution in [3.63, 3.8) is 0 Å². The van der Waals surface area contributed by atoms with Crippen LogP contribution in [0.25, 0.3) is 0 Å². The Hall–Kier alpha value is -2.64. The molecule has 0 unspecified atom stereocenters. The lowest BCUT2D eigenvalue weighted by molar-refractivity contribution is -0.274. The largest absolute Gasteiger partial charge is 0.573 e. The minimum atomic E-state index is -4.99. The minimum absolute atomic E-state index is 0.264. The lowest BCUT2D eigenvalue weighted by Crippen LogP contribution is -2.39. The summed E-state index contributed by atoms with van der Waals surface area (Å²) in [7, 11) is -2.03. The van der Waals surface area contributed by atoms with E-state index in [1.807, 2.05) is 0 Å². The van der Waals surface area contributed by atoms with Crippen LogP contribution in [-0.4, -0.2) is 39.1 Å². The molecule has 0 aliphatic heterocycles. The zero-order chi connectivity index (χ0) is 22.9. The maximum Gasteiger partial charge on any atom is 0.573 e. The molecule has 2 aromatic carbocycles. The molecule has 0 atom stereocenters. The Morgan fingerprint density at radius 3 is 2.23 bits per heavy atom. The molecule has 0 radical (unpaired) electrons. The lowest BCUT2D eigenvalue weighted by Gasteiger charge is -2.14. The number of alkyl halides is 3. The average molecular weight is 475 g/mol. The van der Waals surface area contributed by atoms with Crippen molar-refractivity contribution < 1.29 is 44.6 Å². The Kier molecular flexibility index (Phi) is 6.79. The normalized spacial score (nSPS) is 12.0. The molecular formula is C16H12ClF5N2O5S. The maximum atomic E-state index is 14.2. The van der Waals surface area contributed by atoms with Gasteiger partial charge in [0.25, 0.3) is 5.91 Å². The number of rotatable bonds is 6. The number of nitrogens with one attached hydrogen (secondary N) is 1. The Labute approximate surface area is 172 Å². The van der Waals surface area contributed by atoms with Crippen molar-refractivity contribution in [2.24, 2.45) is 0 Å². The van der Waals surface area contributed by atoms with Crippen LogP contribution in [0.3, 0.4) is 0 Å². The van der Waals surface area contributed by atoms with Gasteiger partial charge in [0, 0.05) is 26.2 Å². The predicted molar refractivity (Wildman–Crippen MR) is 94.6 cm³/mol. The van der Waals surface area contributed by atoms with Crippen LogP contribution >= 0.6 is 11.6 Å². The van der Waals surface area contributed by atoms with Gasteiger partial charge in [-0.15, -0.1) is 13.2 Å². The quantitative estimate of drug-likeness (QED) is 0.643. The first kappa shape index (κ1) is 23.6. The molecule has 0 aliphatic carbocycles. The van der Waals surface area contributed by atoms with Crippen molar-refractivity contribution in [1.29, 1.82) is 0 Å². The summed E-state index contributed by atoms with van der Waals surface area (Å²) in [5, 5.41) is -0.518. The number of ether oxygens (including phenoxy) is 2. The number of nitrogens with zero attached hydrogens (tertiary/aromatic N) is 1. The first-order chi connectivity index (χ1) is 13.7. The minimum Gasteiger partial charge on any atom is -0.454 e. The molecule has 1 amide bonds. The van der Waals surface area contributed by atoms with Crippen molar-refractivity contribution >= 4 is 27.7 Å². The fourth-order valence-electron chi connectivity index (χ4n) is 1.92. The molecule has 0 bridgehead atoms. The zero-order valence-electron chi connectivity index (χ0n) is 15.1. The fraction of sp³-hybridized carbons (Fsp3) is 0.188. The third-order valence-electron chi connectivity index (χ3n) is 3.33. The molecule has 0 spiro atoms. The van der Waals surface area contributed by atoms with E-state index in [0.29, 0.717) is 16.4 Å². The van der Waals surface area contributed by atoms with Crippen LogP contribution in [0.5, 0.6) is 17.2 Å². The van der Waals surface area contributed by atoms with Gasteiger partial charge < -0.3 is 9.47 Å². The summed E-state index contributed by atoms with van der Waals surface area (Å²) in [6.45, 7) is 0. The monoisotopic (exact) mass is 474 g/mol. The van der Waals surface area contributed by atoms with Crippen LogP contribution in [-0.2, 0) is 10.2 Å². The lowest BCUT2D eigenvalue weighted by atomic mass is 10.2. The van der Waals surface area contributed by atoms with E-state index < -0.39 is 56.2 Å². The highest BCUT2D eigenvalue weighted by atomic mass is 35.5. The number of amides is 1. The summed E-state index contributed by atoms with van der Waals surface area (Å²) in [6.07, 6.45) is -4.99. The van der Waals surface area contributed by atoms with Crippen molar-refractivity contribution in [3.8, 4) is 17.2 Å². The summed E-state index contributed by atoms with van der Waals surface area (Å²) in [5.41, 5.74) is -0.919. The Bertz CT molecular complexity index is 1080. The number of carbonyl (C=O) groups is 1. The molecule has 0 fully saturated rings. The smallest absolute Gasteiger partial charge is 0.454 e. The van der Waals surface area contributed by atoms with Crippen molar-refractivity contribution in [2.45, 2.75) is 6.36 Å². The highest BCUT2D eigenvalue weighted by Gasteiger charge is 2.32. The molecule has 30 heavy (non-hydrogen) atoms. The second kappa shape index (κ2) is 8.62. The van der Waals surface area contributed by atoms with Gasteiger partial charge in [0.2, 0.25) is 0 Å². The van der Waals surface area contributed by atoms with Gasteiger partial charge in [-0.1, -0.05) is 11.6 Å². The van der Waals surface area contributed by atoms with E-state index in [4.69, 9.17) is 16.3 Å². The molecule has 0 saturated carbocycles. The molecule has 0 saturated heterocycles. The van der Waals surface area contributed by atoms with E-state index in [-0.39, 0.29) is 5.75 Å². The van der Waals surface area contributed by atoms with Crippen LogP contribution < -0.4 is 14.2 Å². The number of carbonyl (C=O) groups excluding carboxylic acids is 1. The number of hydrogen-bond donors (Lipinski definition) is 1. The van der Waals surface area contributed by atoms with Gasteiger partial charge in [0.15, 0.2) is 11.6 Å². The molecule has 0 heterocycles. The molecule has 2 rings (SSSR count). The molecule has 0 aromatic heterocycles. The Morgan fingerprint density at radius 1 is 1.07 bits per heavy atom. The summed E-state index contributed by atoms with van der Waals surface area (Å²) < 4.78 is 99.3. The van der Waals surface area contributed by atoms with E-state index in [0.717, 1.165) is 32.3 Å². The molecule has 14 heteroatoms. The first-order valence-corrected chi connectivity index (χ1v) is 9.48.